The van der Waals surface area contributed by atoms with Crippen LogP contribution in [-0.2, 0) is 16.9 Å². The zero-order valence-electron chi connectivity index (χ0n) is 17.1. The second-order valence-electron chi connectivity index (χ2n) is 7.76. The lowest BCUT2D eigenvalue weighted by Crippen LogP contribution is -2.50. The van der Waals surface area contributed by atoms with Gasteiger partial charge in [0.25, 0.3) is 5.91 Å². The number of hydrogen-bond acceptors (Lipinski definition) is 6. The molecule has 1 amide bonds. The number of benzene rings is 1. The van der Waals surface area contributed by atoms with Crippen molar-refractivity contribution in [2.75, 3.05) is 26.8 Å². The molecule has 0 bridgehead atoms. The first-order valence-electron chi connectivity index (χ1n) is 10.2. The second-order valence-corrected chi connectivity index (χ2v) is 8.83. The standard InChI is InChI=1S/C22H24N4O3S/c1-15-24-17(13-30-15)21(27)25-9-7-22(8-10-25)20-19(23-14-26(20)11-12-28-2)16-5-3-4-6-18(16)29-22/h3-6,13-14H,7-12H2,1-2H3. The van der Waals surface area contributed by atoms with Gasteiger partial charge >= 0.3 is 0 Å². The number of hydrogen-bond donors (Lipinski definition) is 0. The minimum atomic E-state index is -0.497. The molecule has 30 heavy (non-hydrogen) atoms. The van der Waals surface area contributed by atoms with Gasteiger partial charge in [-0.3, -0.25) is 4.79 Å². The van der Waals surface area contributed by atoms with E-state index in [-0.39, 0.29) is 5.91 Å². The summed E-state index contributed by atoms with van der Waals surface area (Å²) < 4.78 is 14.1. The third-order valence-corrected chi connectivity index (χ3v) is 6.72. The van der Waals surface area contributed by atoms with Crippen molar-refractivity contribution in [3.8, 4) is 17.0 Å². The van der Waals surface area contributed by atoms with Gasteiger partial charge in [-0.25, -0.2) is 9.97 Å². The minimum absolute atomic E-state index is 0.00137. The number of rotatable bonds is 4. The number of piperidine rings is 1. The van der Waals surface area contributed by atoms with Crippen LogP contribution in [0.15, 0.2) is 36.0 Å². The van der Waals surface area contributed by atoms with Crippen molar-refractivity contribution in [2.24, 2.45) is 0 Å². The van der Waals surface area contributed by atoms with E-state index >= 15 is 0 Å². The zero-order chi connectivity index (χ0) is 20.7. The Labute approximate surface area is 179 Å². The molecule has 0 N–H and O–H groups in total. The van der Waals surface area contributed by atoms with E-state index in [9.17, 15) is 4.79 Å². The maximum Gasteiger partial charge on any atom is 0.273 e. The van der Waals surface area contributed by atoms with Gasteiger partial charge in [-0.05, 0) is 19.1 Å². The van der Waals surface area contributed by atoms with E-state index in [1.54, 1.807) is 7.11 Å². The van der Waals surface area contributed by atoms with Crippen molar-refractivity contribution in [1.82, 2.24) is 19.4 Å². The first-order valence-corrected chi connectivity index (χ1v) is 11.0. The number of aromatic nitrogens is 3. The lowest BCUT2D eigenvalue weighted by Gasteiger charge is -2.44. The van der Waals surface area contributed by atoms with Crippen molar-refractivity contribution in [1.29, 1.82) is 0 Å². The van der Waals surface area contributed by atoms with E-state index in [1.165, 1.54) is 11.3 Å². The van der Waals surface area contributed by atoms with E-state index in [2.05, 4.69) is 15.6 Å². The summed E-state index contributed by atoms with van der Waals surface area (Å²) in [6, 6.07) is 8.06. The molecule has 1 aromatic carbocycles. The number of carbonyl (C=O) groups excluding carboxylic acids is 1. The number of para-hydroxylation sites is 1. The molecule has 0 saturated carbocycles. The SMILES string of the molecule is COCCn1cnc2c1C1(CCN(C(=O)c3csc(C)n3)CC1)Oc1ccccc1-2. The predicted molar refractivity (Wildman–Crippen MR) is 114 cm³/mol. The Kier molecular flexibility index (Phi) is 4.83. The molecule has 2 aliphatic rings. The summed E-state index contributed by atoms with van der Waals surface area (Å²) in [6.07, 6.45) is 3.30. The van der Waals surface area contributed by atoms with E-state index < -0.39 is 5.60 Å². The van der Waals surface area contributed by atoms with E-state index in [0.29, 0.717) is 44.8 Å². The molecule has 3 aromatic rings. The van der Waals surface area contributed by atoms with Crippen molar-refractivity contribution < 1.29 is 14.3 Å². The molecular weight excluding hydrogens is 400 g/mol. The minimum Gasteiger partial charge on any atom is -0.480 e. The number of aryl methyl sites for hydroxylation is 1. The van der Waals surface area contributed by atoms with Gasteiger partial charge in [-0.2, -0.15) is 0 Å². The van der Waals surface area contributed by atoms with Gasteiger partial charge in [0, 0.05) is 50.5 Å². The fourth-order valence-corrected chi connectivity index (χ4v) is 5.05. The van der Waals surface area contributed by atoms with Crippen molar-refractivity contribution in [3.05, 3.63) is 52.4 Å². The average Bonchev–Trinajstić information content (AvgIpc) is 3.40. The molecular formula is C22H24N4O3S. The van der Waals surface area contributed by atoms with Crippen LogP contribution in [-0.4, -0.2) is 52.1 Å². The van der Waals surface area contributed by atoms with E-state index in [0.717, 1.165) is 27.7 Å². The largest absolute Gasteiger partial charge is 0.480 e. The van der Waals surface area contributed by atoms with Gasteiger partial charge in [0.05, 0.1) is 29.3 Å². The molecule has 0 atom stereocenters. The third kappa shape index (κ3) is 3.11. The Bertz CT molecular complexity index is 1080. The van der Waals surface area contributed by atoms with Gasteiger partial charge < -0.3 is 18.9 Å². The monoisotopic (exact) mass is 424 g/mol. The van der Waals surface area contributed by atoms with Crippen molar-refractivity contribution in [2.45, 2.75) is 31.9 Å². The molecule has 5 rings (SSSR count). The highest BCUT2D eigenvalue weighted by atomic mass is 32.1. The molecule has 0 radical (unpaired) electrons. The normalized spacial score (nSPS) is 16.8. The molecule has 156 valence electrons. The number of nitrogens with zero attached hydrogens (tertiary/aromatic N) is 4. The van der Waals surface area contributed by atoms with Crippen LogP contribution in [0.3, 0.4) is 0 Å². The highest BCUT2D eigenvalue weighted by Crippen LogP contribution is 2.49. The molecule has 1 spiro atoms. The van der Waals surface area contributed by atoms with Crippen molar-refractivity contribution in [3.63, 3.8) is 0 Å². The zero-order valence-corrected chi connectivity index (χ0v) is 17.9. The number of fused-ring (bicyclic) bond motifs is 4. The lowest BCUT2D eigenvalue weighted by molar-refractivity contribution is -0.00800. The molecule has 0 unspecified atom stereocenters. The fraction of sp³-hybridized carbons (Fsp3) is 0.409. The number of imidazole rings is 1. The van der Waals surface area contributed by atoms with E-state index in [1.807, 2.05) is 41.7 Å². The number of carbonyl (C=O) groups is 1. The maximum absolute atomic E-state index is 12.9. The average molecular weight is 425 g/mol. The Morgan fingerprint density at radius 3 is 2.83 bits per heavy atom. The molecule has 1 saturated heterocycles. The summed E-state index contributed by atoms with van der Waals surface area (Å²) in [7, 11) is 1.70. The number of amides is 1. The summed E-state index contributed by atoms with van der Waals surface area (Å²) in [4.78, 5) is 23.9. The molecule has 7 nitrogen and oxygen atoms in total. The molecule has 0 aliphatic carbocycles. The summed E-state index contributed by atoms with van der Waals surface area (Å²) in [5, 5.41) is 2.75. The highest BCUT2D eigenvalue weighted by molar-refractivity contribution is 7.09. The summed E-state index contributed by atoms with van der Waals surface area (Å²) in [6.45, 7) is 4.47. The molecule has 4 heterocycles. The second kappa shape index (κ2) is 7.52. The Hall–Kier alpha value is -2.71. The lowest BCUT2D eigenvalue weighted by atomic mass is 9.83. The Balaban J connectivity index is 1.46. The first kappa shape index (κ1) is 19.3. The number of methoxy groups -OCH3 is 1. The fourth-order valence-electron chi connectivity index (χ4n) is 4.46. The van der Waals surface area contributed by atoms with Crippen LogP contribution in [0.4, 0.5) is 0 Å². The van der Waals surface area contributed by atoms with E-state index in [4.69, 9.17) is 14.5 Å². The van der Waals surface area contributed by atoms with Crippen LogP contribution in [0.25, 0.3) is 11.3 Å². The van der Waals surface area contributed by atoms with Gasteiger partial charge in [-0.15, -0.1) is 11.3 Å². The highest BCUT2D eigenvalue weighted by Gasteiger charge is 2.47. The molecule has 2 aliphatic heterocycles. The van der Waals surface area contributed by atoms with Crippen LogP contribution in [0.1, 0.15) is 34.0 Å². The van der Waals surface area contributed by atoms with Gasteiger partial charge in [-0.1, -0.05) is 12.1 Å². The third-order valence-electron chi connectivity index (χ3n) is 5.95. The van der Waals surface area contributed by atoms with Crippen LogP contribution < -0.4 is 4.74 Å². The van der Waals surface area contributed by atoms with Gasteiger partial charge in [0.15, 0.2) is 5.60 Å². The van der Waals surface area contributed by atoms with Gasteiger partial charge in [0.2, 0.25) is 0 Å². The quantitative estimate of drug-likeness (QED) is 0.641. The number of likely N-dealkylation sites (tertiary alicyclic amines) is 1. The molecule has 1 fully saturated rings. The van der Waals surface area contributed by atoms with Crippen LogP contribution in [0, 0.1) is 6.92 Å². The number of ether oxygens (including phenoxy) is 2. The van der Waals surface area contributed by atoms with Crippen LogP contribution in [0.5, 0.6) is 5.75 Å². The van der Waals surface area contributed by atoms with Crippen LogP contribution in [0.2, 0.25) is 0 Å². The predicted octanol–water partition coefficient (Wildman–Crippen LogP) is 3.49. The van der Waals surface area contributed by atoms with Crippen molar-refractivity contribution >= 4 is 17.2 Å². The summed E-state index contributed by atoms with van der Waals surface area (Å²) in [5.74, 6) is 0.857. The molecule has 8 heteroatoms. The summed E-state index contributed by atoms with van der Waals surface area (Å²) >= 11 is 1.51. The Morgan fingerprint density at radius 2 is 2.10 bits per heavy atom. The smallest absolute Gasteiger partial charge is 0.273 e. The van der Waals surface area contributed by atoms with Crippen LogP contribution >= 0.6 is 11.3 Å². The Morgan fingerprint density at radius 1 is 1.30 bits per heavy atom. The molecule has 2 aromatic heterocycles. The number of thiazole rings is 1. The maximum atomic E-state index is 12.9. The first-order chi connectivity index (χ1) is 14.6. The summed E-state index contributed by atoms with van der Waals surface area (Å²) in [5.41, 5.74) is 3.13. The topological polar surface area (TPSA) is 69.5 Å². The van der Waals surface area contributed by atoms with Gasteiger partial charge in [0.1, 0.15) is 11.4 Å².